The summed E-state index contributed by atoms with van der Waals surface area (Å²) in [5.41, 5.74) is 3.09. The molecule has 9 heteroatoms. The van der Waals surface area contributed by atoms with Gasteiger partial charge in [0.25, 0.3) is 0 Å². The van der Waals surface area contributed by atoms with E-state index in [2.05, 4.69) is 58.3 Å². The lowest BCUT2D eigenvalue weighted by atomic mass is 9.59. The maximum absolute atomic E-state index is 12.6. The molecule has 42 heavy (non-hydrogen) atoms. The summed E-state index contributed by atoms with van der Waals surface area (Å²) in [6.07, 6.45) is 10.8. The molecule has 3 aliphatic heterocycles. The minimum absolute atomic E-state index is 0.0828. The molecule has 6 rings (SSSR count). The Morgan fingerprint density at radius 2 is 2.10 bits per heavy atom. The first-order valence-corrected chi connectivity index (χ1v) is 16.0. The van der Waals surface area contributed by atoms with Crippen molar-refractivity contribution in [2.75, 3.05) is 46.9 Å². The van der Waals surface area contributed by atoms with E-state index in [0.29, 0.717) is 44.1 Å². The molecule has 2 N–H and O–H groups in total. The van der Waals surface area contributed by atoms with E-state index in [1.54, 1.807) is 7.11 Å². The number of nitriles is 1. The third kappa shape index (κ3) is 5.85. The van der Waals surface area contributed by atoms with Crippen LogP contribution in [-0.4, -0.2) is 98.2 Å². The van der Waals surface area contributed by atoms with Crippen molar-refractivity contribution in [3.63, 3.8) is 0 Å². The number of fused-ring (bicyclic) bond motifs is 2. The molecule has 3 saturated heterocycles. The van der Waals surface area contributed by atoms with Gasteiger partial charge in [-0.3, -0.25) is 20.3 Å². The Kier molecular flexibility index (Phi) is 8.90. The molecule has 4 fully saturated rings. The lowest BCUT2D eigenvalue weighted by Gasteiger charge is -2.56. The highest BCUT2D eigenvalue weighted by Gasteiger charge is 2.50. The van der Waals surface area contributed by atoms with Gasteiger partial charge in [-0.2, -0.15) is 5.26 Å². The van der Waals surface area contributed by atoms with Gasteiger partial charge < -0.3 is 19.3 Å². The summed E-state index contributed by atoms with van der Waals surface area (Å²) < 4.78 is 12.4. The first-order chi connectivity index (χ1) is 20.4. The van der Waals surface area contributed by atoms with E-state index >= 15 is 0 Å². The van der Waals surface area contributed by atoms with Crippen LogP contribution in [0, 0.1) is 22.7 Å². The van der Waals surface area contributed by atoms with Crippen LogP contribution >= 0.6 is 0 Å². The van der Waals surface area contributed by atoms with Gasteiger partial charge in [0.05, 0.1) is 38.4 Å². The quantitative estimate of drug-likeness (QED) is 0.479. The molecule has 1 saturated carbocycles. The summed E-state index contributed by atoms with van der Waals surface area (Å²) in [7, 11) is 3.99. The predicted molar refractivity (Wildman–Crippen MR) is 162 cm³/mol. The fraction of sp³-hybridized carbons (Fsp3) is 0.697. The Morgan fingerprint density at radius 1 is 1.21 bits per heavy atom. The molecular weight excluding hydrogens is 528 g/mol. The number of carbonyl (C=O) groups is 1. The largest absolute Gasteiger partial charge is 0.496 e. The molecule has 0 bridgehead atoms. The summed E-state index contributed by atoms with van der Waals surface area (Å²) in [6, 6.07) is 9.48. The van der Waals surface area contributed by atoms with Crippen molar-refractivity contribution in [3.05, 3.63) is 42.0 Å². The smallest absolute Gasteiger partial charge is 0.246 e. The number of hydrogen-bond donors (Lipinski definition) is 2. The number of nitrogens with one attached hydrogen (secondary N) is 2. The zero-order valence-electron chi connectivity index (χ0n) is 25.4. The van der Waals surface area contributed by atoms with Crippen molar-refractivity contribution in [3.8, 4) is 11.8 Å². The Bertz CT molecular complexity index is 1170. The van der Waals surface area contributed by atoms with Gasteiger partial charge >= 0.3 is 0 Å². The zero-order valence-corrected chi connectivity index (χ0v) is 25.4. The standard InChI is InChI=1S/C33H48N6O3/c1-4-30(40)39-18-17-38(21-24(39)12-15-34)31-26-11-14-33(13-10-23-7-5-9-29(41-3)27(23)19-33)20-28(26)35-32(36-31)42-22-25-8-6-16-37(25)2/h4-5,7,9,24-26,28,31-32,35-36H,1,6,8,10-14,16-22H2,2-3H3/t24?,25?,26?,28?,31?,32?,33-/m0/s1. The van der Waals surface area contributed by atoms with Crippen LogP contribution in [0.25, 0.3) is 0 Å². The molecule has 1 aromatic carbocycles. The Hall–Kier alpha value is -2.48. The second-order valence-corrected chi connectivity index (χ2v) is 13.3. The van der Waals surface area contributed by atoms with Gasteiger partial charge in [-0.25, -0.2) is 0 Å². The van der Waals surface area contributed by atoms with E-state index in [9.17, 15) is 10.1 Å². The molecule has 2 aliphatic carbocycles. The number of ether oxygens (including phenoxy) is 2. The number of carbonyl (C=O) groups excluding carboxylic acids is 1. The number of aryl methyl sites for hydroxylation is 1. The topological polar surface area (TPSA) is 93.1 Å². The molecule has 0 radical (unpaired) electrons. The first kappa shape index (κ1) is 29.6. The summed E-state index contributed by atoms with van der Waals surface area (Å²) in [6.45, 7) is 7.60. The highest BCUT2D eigenvalue weighted by Crippen LogP contribution is 2.51. The number of hydrogen-bond acceptors (Lipinski definition) is 8. The van der Waals surface area contributed by atoms with Crippen molar-refractivity contribution < 1.29 is 14.3 Å². The van der Waals surface area contributed by atoms with E-state index in [1.165, 1.54) is 42.9 Å². The van der Waals surface area contributed by atoms with Crippen LogP contribution in [0.4, 0.5) is 0 Å². The molecule has 7 atom stereocenters. The van der Waals surface area contributed by atoms with Crippen molar-refractivity contribution >= 4 is 5.91 Å². The van der Waals surface area contributed by atoms with Gasteiger partial charge in [-0.1, -0.05) is 18.7 Å². The van der Waals surface area contributed by atoms with E-state index < -0.39 is 0 Å². The molecular formula is C33H48N6O3. The van der Waals surface area contributed by atoms with E-state index in [-0.39, 0.29) is 29.9 Å². The third-order valence-electron chi connectivity index (χ3n) is 11.0. The molecule has 228 valence electrons. The minimum Gasteiger partial charge on any atom is -0.496 e. The molecule has 6 unspecified atom stereocenters. The summed E-state index contributed by atoms with van der Waals surface area (Å²) in [4.78, 5) is 19.3. The maximum atomic E-state index is 12.6. The second kappa shape index (κ2) is 12.6. The van der Waals surface area contributed by atoms with E-state index in [1.807, 2.05) is 4.90 Å². The Morgan fingerprint density at radius 3 is 2.86 bits per heavy atom. The zero-order chi connectivity index (χ0) is 29.3. The maximum Gasteiger partial charge on any atom is 0.246 e. The predicted octanol–water partition coefficient (Wildman–Crippen LogP) is 2.86. The molecule has 1 aromatic rings. The minimum atomic E-state index is -0.229. The van der Waals surface area contributed by atoms with Crippen LogP contribution in [0.1, 0.15) is 56.1 Å². The van der Waals surface area contributed by atoms with Gasteiger partial charge in [0.2, 0.25) is 5.91 Å². The summed E-state index contributed by atoms with van der Waals surface area (Å²) in [5, 5.41) is 17.3. The highest BCUT2D eigenvalue weighted by molar-refractivity contribution is 5.87. The van der Waals surface area contributed by atoms with Crippen molar-refractivity contribution in [2.24, 2.45) is 11.3 Å². The molecule has 0 aromatic heterocycles. The van der Waals surface area contributed by atoms with Gasteiger partial charge in [0.1, 0.15) is 5.75 Å². The fourth-order valence-electron chi connectivity index (χ4n) is 8.65. The van der Waals surface area contributed by atoms with Crippen LogP contribution in [0.5, 0.6) is 5.75 Å². The first-order valence-electron chi connectivity index (χ1n) is 16.0. The summed E-state index contributed by atoms with van der Waals surface area (Å²) in [5.74, 6) is 1.37. The lowest BCUT2D eigenvalue weighted by Crippen LogP contribution is -2.72. The monoisotopic (exact) mass is 576 g/mol. The number of piperazine rings is 1. The number of amides is 1. The highest BCUT2D eigenvalue weighted by atomic mass is 16.5. The average Bonchev–Trinajstić information content (AvgIpc) is 3.43. The van der Waals surface area contributed by atoms with E-state index in [0.717, 1.165) is 44.5 Å². The van der Waals surface area contributed by atoms with Crippen LogP contribution in [0.2, 0.25) is 0 Å². The molecule has 1 spiro atoms. The molecule has 5 aliphatic rings. The Labute approximate surface area is 251 Å². The van der Waals surface area contributed by atoms with Gasteiger partial charge in [0, 0.05) is 37.6 Å². The molecule has 1 amide bonds. The van der Waals surface area contributed by atoms with Crippen LogP contribution in [0.3, 0.4) is 0 Å². The van der Waals surface area contributed by atoms with Crippen LogP contribution in [0.15, 0.2) is 30.9 Å². The second-order valence-electron chi connectivity index (χ2n) is 13.3. The van der Waals surface area contributed by atoms with Crippen LogP contribution < -0.4 is 15.4 Å². The number of methoxy groups -OCH3 is 1. The molecule has 3 heterocycles. The summed E-state index contributed by atoms with van der Waals surface area (Å²) >= 11 is 0. The number of likely N-dealkylation sites (tertiary alicyclic amines) is 1. The Balaban J connectivity index is 1.22. The third-order valence-corrected chi connectivity index (χ3v) is 11.0. The van der Waals surface area contributed by atoms with Gasteiger partial charge in [-0.05, 0) is 93.6 Å². The number of rotatable bonds is 7. The van der Waals surface area contributed by atoms with Crippen LogP contribution in [-0.2, 0) is 22.4 Å². The van der Waals surface area contributed by atoms with Gasteiger partial charge in [0.15, 0.2) is 6.35 Å². The number of likely N-dealkylation sites (N-methyl/N-ethyl adjacent to an activating group) is 1. The number of nitrogens with zero attached hydrogens (tertiary/aromatic N) is 4. The normalized spacial score (nSPS) is 35.3. The number of benzene rings is 1. The SMILES string of the molecule is C=CC(=O)N1CCN(C2NC(OCC3CCCN3C)NC3C[C@@]4(CCc5cccc(OC)c5C4)CCC32)CC1CC#N. The fourth-order valence-corrected chi connectivity index (χ4v) is 8.65. The van der Waals surface area contributed by atoms with Crippen molar-refractivity contribution in [1.82, 2.24) is 25.3 Å². The van der Waals surface area contributed by atoms with Gasteiger partial charge in [-0.15, -0.1) is 0 Å². The lowest BCUT2D eigenvalue weighted by molar-refractivity contribution is -0.137. The van der Waals surface area contributed by atoms with Crippen molar-refractivity contribution in [1.29, 1.82) is 5.26 Å². The molecule has 9 nitrogen and oxygen atoms in total. The van der Waals surface area contributed by atoms with Crippen molar-refractivity contribution in [2.45, 2.75) is 88.4 Å². The van der Waals surface area contributed by atoms with E-state index in [4.69, 9.17) is 9.47 Å². The average molecular weight is 577 g/mol.